The van der Waals surface area contributed by atoms with Crippen molar-refractivity contribution in [1.29, 1.82) is 0 Å². The number of rotatable bonds is 10. The molecule has 1 spiro atoms. The molecular formula is C52H52O6. The summed E-state index contributed by atoms with van der Waals surface area (Å²) in [6.07, 6.45) is 11.5. The van der Waals surface area contributed by atoms with E-state index >= 15 is 0 Å². The maximum atomic E-state index is 10.0. The normalized spacial score (nSPS) is 16.6. The van der Waals surface area contributed by atoms with E-state index in [1.807, 2.05) is 42.5 Å². The van der Waals surface area contributed by atoms with Crippen molar-refractivity contribution in [2.75, 3.05) is 28.4 Å². The van der Waals surface area contributed by atoms with Crippen molar-refractivity contribution in [2.45, 2.75) is 70.0 Å². The number of benzene rings is 6. The zero-order valence-electron chi connectivity index (χ0n) is 34.4. The highest BCUT2D eigenvalue weighted by atomic mass is 16.5. The van der Waals surface area contributed by atoms with Crippen LogP contribution >= 0.6 is 0 Å². The molecule has 2 aliphatic carbocycles. The molecule has 6 heteroatoms. The van der Waals surface area contributed by atoms with Crippen molar-refractivity contribution >= 4 is 16.8 Å². The minimum absolute atomic E-state index is 0.0731. The first-order chi connectivity index (χ1) is 28.3. The van der Waals surface area contributed by atoms with Crippen LogP contribution in [0.4, 0.5) is 0 Å². The fraction of sp³-hybridized carbons (Fsp3) is 0.308. The molecule has 1 aliphatic heterocycles. The maximum absolute atomic E-state index is 10.0. The summed E-state index contributed by atoms with van der Waals surface area (Å²) < 4.78 is 31.2. The monoisotopic (exact) mass is 772 g/mol. The first-order valence-electron chi connectivity index (χ1n) is 20.6. The van der Waals surface area contributed by atoms with Gasteiger partial charge in [0.25, 0.3) is 0 Å². The van der Waals surface area contributed by atoms with Crippen LogP contribution in [0.5, 0.6) is 28.7 Å². The summed E-state index contributed by atoms with van der Waals surface area (Å²) in [5, 5.41) is 12.1. The summed E-state index contributed by atoms with van der Waals surface area (Å²) in [5.74, 6) is 3.78. The number of fused-ring (bicyclic) bond motifs is 10. The Bertz CT molecular complexity index is 2490. The molecule has 0 saturated heterocycles. The number of aliphatic hydroxyl groups is 1. The summed E-state index contributed by atoms with van der Waals surface area (Å²) in [6, 6.07) is 35.8. The van der Waals surface area contributed by atoms with Crippen LogP contribution in [0.1, 0.15) is 85.8 Å². The SMILES string of the molecule is CCC1(CC)CCC2(CC1)c1ccccc1-c1c2c2c(c3cc(OC)c(-c4ccc(CO)cc4OC)cc13)OC(c1ccc(OC)cc1)(c1ccc(OC)cc1)C=C2. The Kier molecular flexibility index (Phi) is 9.51. The van der Waals surface area contributed by atoms with Crippen molar-refractivity contribution in [3.63, 3.8) is 0 Å². The number of ether oxygens (including phenoxy) is 5. The number of methoxy groups -OCH3 is 4. The molecular weight excluding hydrogens is 721 g/mol. The third-order valence-corrected chi connectivity index (χ3v) is 14.0. The van der Waals surface area contributed by atoms with Crippen LogP contribution in [0.2, 0.25) is 0 Å². The molecule has 6 aromatic carbocycles. The Morgan fingerprint density at radius 1 is 0.621 bits per heavy atom. The molecule has 1 N–H and O–H groups in total. The van der Waals surface area contributed by atoms with Gasteiger partial charge in [0.15, 0.2) is 5.60 Å². The van der Waals surface area contributed by atoms with E-state index in [1.54, 1.807) is 28.4 Å². The summed E-state index contributed by atoms with van der Waals surface area (Å²) in [5.41, 5.74) is 10.3. The summed E-state index contributed by atoms with van der Waals surface area (Å²) in [6.45, 7) is 4.67. The number of hydrogen-bond acceptors (Lipinski definition) is 6. The summed E-state index contributed by atoms with van der Waals surface area (Å²) in [7, 11) is 6.78. The van der Waals surface area contributed by atoms with E-state index in [0.29, 0.717) is 16.9 Å². The van der Waals surface area contributed by atoms with E-state index in [0.717, 1.165) is 74.2 Å². The van der Waals surface area contributed by atoms with Gasteiger partial charge in [0, 0.05) is 38.6 Å². The predicted molar refractivity (Wildman–Crippen MR) is 233 cm³/mol. The highest BCUT2D eigenvalue weighted by Gasteiger charge is 2.51. The Balaban J connectivity index is 1.38. The predicted octanol–water partition coefficient (Wildman–Crippen LogP) is 12.0. The number of hydrogen-bond donors (Lipinski definition) is 1. The lowest BCUT2D eigenvalue weighted by Gasteiger charge is -2.47. The molecule has 0 aromatic heterocycles. The first kappa shape index (κ1) is 37.8. The van der Waals surface area contributed by atoms with E-state index in [1.165, 1.54) is 47.9 Å². The lowest BCUT2D eigenvalue weighted by molar-refractivity contribution is 0.132. The molecule has 1 saturated carbocycles. The largest absolute Gasteiger partial charge is 0.497 e. The average molecular weight is 773 g/mol. The van der Waals surface area contributed by atoms with Gasteiger partial charge in [-0.05, 0) is 113 Å². The van der Waals surface area contributed by atoms with Gasteiger partial charge in [-0.2, -0.15) is 0 Å². The van der Waals surface area contributed by atoms with Crippen molar-refractivity contribution in [2.24, 2.45) is 5.41 Å². The second-order valence-corrected chi connectivity index (χ2v) is 16.2. The first-order valence-corrected chi connectivity index (χ1v) is 20.6. The minimum Gasteiger partial charge on any atom is -0.497 e. The molecule has 0 unspecified atom stereocenters. The molecule has 6 aromatic rings. The Morgan fingerprint density at radius 2 is 1.24 bits per heavy atom. The van der Waals surface area contributed by atoms with E-state index in [4.69, 9.17) is 23.7 Å². The lowest BCUT2D eigenvalue weighted by Crippen LogP contribution is -2.38. The average Bonchev–Trinajstić information content (AvgIpc) is 3.58. The fourth-order valence-electron chi connectivity index (χ4n) is 10.5. The Morgan fingerprint density at radius 3 is 1.83 bits per heavy atom. The standard InChI is InChI=1S/C52H52O6/c1-7-50(8-2)25-27-51(28-26-50)44-12-10-9-11-39(44)47-42-30-41(38-22-13-33(32-53)29-45(38)56-5)46(57-6)31-43(42)49-40(48(47)51)23-24-52(58-49,34-14-18-36(54-3)19-15-34)35-16-20-37(55-4)21-17-35/h9-24,29-31,53H,7-8,25-28,32H2,1-6H3. The molecule has 0 radical (unpaired) electrons. The molecule has 296 valence electrons. The molecule has 3 aliphatic rings. The second kappa shape index (κ2) is 14.6. The number of aliphatic hydroxyl groups excluding tert-OH is 1. The van der Waals surface area contributed by atoms with Crippen LogP contribution in [0.25, 0.3) is 39.1 Å². The van der Waals surface area contributed by atoms with Gasteiger partial charge in [-0.15, -0.1) is 0 Å². The van der Waals surface area contributed by atoms with E-state index in [2.05, 4.69) is 86.7 Å². The van der Waals surface area contributed by atoms with Crippen molar-refractivity contribution in [3.05, 3.63) is 143 Å². The van der Waals surface area contributed by atoms with E-state index in [9.17, 15) is 5.11 Å². The highest BCUT2D eigenvalue weighted by molar-refractivity contribution is 6.11. The van der Waals surface area contributed by atoms with Gasteiger partial charge in [0.1, 0.15) is 28.7 Å². The van der Waals surface area contributed by atoms with Gasteiger partial charge >= 0.3 is 0 Å². The molecule has 0 amide bonds. The fourth-order valence-corrected chi connectivity index (χ4v) is 10.5. The van der Waals surface area contributed by atoms with Gasteiger partial charge in [-0.25, -0.2) is 0 Å². The minimum atomic E-state index is -0.966. The van der Waals surface area contributed by atoms with Crippen molar-refractivity contribution in [3.8, 4) is 51.0 Å². The highest BCUT2D eigenvalue weighted by Crippen LogP contribution is 2.65. The van der Waals surface area contributed by atoms with Crippen LogP contribution in [0, 0.1) is 5.41 Å². The Hall–Kier alpha value is -5.72. The molecule has 6 nitrogen and oxygen atoms in total. The third kappa shape index (κ3) is 5.63. The van der Waals surface area contributed by atoms with Crippen LogP contribution in [-0.2, 0) is 17.6 Å². The van der Waals surface area contributed by atoms with Crippen LogP contribution in [0.3, 0.4) is 0 Å². The van der Waals surface area contributed by atoms with Gasteiger partial charge in [-0.3, -0.25) is 0 Å². The molecule has 9 rings (SSSR count). The van der Waals surface area contributed by atoms with Crippen LogP contribution in [0.15, 0.2) is 109 Å². The quantitative estimate of drug-likeness (QED) is 0.150. The Labute approximate surface area is 342 Å². The molecule has 0 bridgehead atoms. The second-order valence-electron chi connectivity index (χ2n) is 16.2. The zero-order valence-corrected chi connectivity index (χ0v) is 34.4. The molecule has 58 heavy (non-hydrogen) atoms. The molecule has 1 heterocycles. The smallest absolute Gasteiger partial charge is 0.178 e. The van der Waals surface area contributed by atoms with Crippen LogP contribution < -0.4 is 23.7 Å². The van der Waals surface area contributed by atoms with Gasteiger partial charge in [-0.1, -0.05) is 93.4 Å². The molecule has 0 atom stereocenters. The van der Waals surface area contributed by atoms with Gasteiger partial charge in [0.05, 0.1) is 35.0 Å². The third-order valence-electron chi connectivity index (χ3n) is 14.0. The van der Waals surface area contributed by atoms with Crippen molar-refractivity contribution in [1.82, 2.24) is 0 Å². The zero-order chi connectivity index (χ0) is 40.2. The van der Waals surface area contributed by atoms with Crippen LogP contribution in [-0.4, -0.2) is 33.5 Å². The van der Waals surface area contributed by atoms with Crippen molar-refractivity contribution < 1.29 is 28.8 Å². The maximum Gasteiger partial charge on any atom is 0.178 e. The lowest BCUT2D eigenvalue weighted by atomic mass is 9.58. The summed E-state index contributed by atoms with van der Waals surface area (Å²) in [4.78, 5) is 0. The topological polar surface area (TPSA) is 66.4 Å². The van der Waals surface area contributed by atoms with Gasteiger partial charge < -0.3 is 28.8 Å². The van der Waals surface area contributed by atoms with E-state index < -0.39 is 5.60 Å². The van der Waals surface area contributed by atoms with E-state index in [-0.39, 0.29) is 12.0 Å². The molecule has 1 fully saturated rings. The van der Waals surface area contributed by atoms with Gasteiger partial charge in [0.2, 0.25) is 0 Å². The summed E-state index contributed by atoms with van der Waals surface area (Å²) >= 11 is 0.